The minimum atomic E-state index is -1.28. The molecule has 0 spiro atoms. The van der Waals surface area contributed by atoms with Gasteiger partial charge in [0.2, 0.25) is 0 Å². The van der Waals surface area contributed by atoms with E-state index in [9.17, 15) is 18.7 Å². The van der Waals surface area contributed by atoms with Crippen LogP contribution in [0.2, 0.25) is 0 Å². The van der Waals surface area contributed by atoms with E-state index >= 15 is 0 Å². The van der Waals surface area contributed by atoms with E-state index in [0.717, 1.165) is 6.07 Å². The number of Topliss-reactive ketones (excluding diaryl/α,β-unsaturated/α-hetero) is 1. The van der Waals surface area contributed by atoms with Crippen molar-refractivity contribution in [1.29, 1.82) is 0 Å². The lowest BCUT2D eigenvalue weighted by atomic mass is 9.90. The number of aliphatic hydroxyl groups is 1. The third-order valence-corrected chi connectivity index (χ3v) is 2.98. The summed E-state index contributed by atoms with van der Waals surface area (Å²) in [6.07, 6.45) is -0.0537. The molecule has 1 unspecified atom stereocenters. The largest absolute Gasteiger partial charge is 0.385 e. The molecule has 94 valence electrons. The Morgan fingerprint density at radius 3 is 2.41 bits per heavy atom. The first-order chi connectivity index (χ1) is 8.02. The van der Waals surface area contributed by atoms with Crippen LogP contribution in [0.3, 0.4) is 0 Å². The molecule has 0 aliphatic heterocycles. The first-order valence-electron chi connectivity index (χ1n) is 5.69. The highest BCUT2D eigenvalue weighted by Crippen LogP contribution is 2.20. The molecule has 0 bridgehead atoms. The summed E-state index contributed by atoms with van der Waals surface area (Å²) in [5, 5.41) is 9.81. The Morgan fingerprint density at radius 1 is 1.29 bits per heavy atom. The number of ketones is 1. The van der Waals surface area contributed by atoms with Crippen molar-refractivity contribution in [1.82, 2.24) is 0 Å². The molecule has 2 nitrogen and oxygen atoms in total. The molecular weight excluding hydrogens is 226 g/mol. The summed E-state index contributed by atoms with van der Waals surface area (Å²) < 4.78 is 26.3. The number of hydrogen-bond donors (Lipinski definition) is 1. The van der Waals surface area contributed by atoms with E-state index in [-0.39, 0.29) is 11.5 Å². The molecule has 0 aromatic heterocycles. The van der Waals surface area contributed by atoms with Crippen LogP contribution in [-0.4, -0.2) is 17.0 Å². The molecule has 1 atom stereocenters. The average Bonchev–Trinajstić information content (AvgIpc) is 2.33. The molecular formula is C13H16F2O2. The fourth-order valence-corrected chi connectivity index (χ4v) is 1.80. The van der Waals surface area contributed by atoms with Gasteiger partial charge in [-0.1, -0.05) is 32.8 Å². The van der Waals surface area contributed by atoms with E-state index in [1.165, 1.54) is 12.1 Å². The summed E-state index contributed by atoms with van der Waals surface area (Å²) in [4.78, 5) is 11.8. The van der Waals surface area contributed by atoms with Crippen molar-refractivity contribution in [3.8, 4) is 0 Å². The smallest absolute Gasteiger partial charge is 0.194 e. The maximum Gasteiger partial charge on any atom is 0.194 e. The number of halogens is 2. The van der Waals surface area contributed by atoms with Gasteiger partial charge in [0.05, 0.1) is 5.56 Å². The lowest BCUT2D eigenvalue weighted by Crippen LogP contribution is -2.29. The molecule has 0 aliphatic rings. The fourth-order valence-electron chi connectivity index (χ4n) is 1.80. The molecule has 0 saturated carbocycles. The zero-order valence-electron chi connectivity index (χ0n) is 9.91. The van der Waals surface area contributed by atoms with Crippen LogP contribution < -0.4 is 0 Å². The van der Waals surface area contributed by atoms with Gasteiger partial charge in [-0.05, 0) is 18.1 Å². The first kappa shape index (κ1) is 13.8. The fraction of sp³-hybridized carbons (Fsp3) is 0.462. The van der Waals surface area contributed by atoms with Crippen LogP contribution in [-0.2, 0) is 0 Å². The average molecular weight is 242 g/mol. The third-order valence-electron chi connectivity index (χ3n) is 2.98. The standard InChI is InChI=1S/C13H16F2O2/c1-3-8(4-2)12(16)13(17)9-6-5-7-10(14)11(9)15/h5-8,12,16H,3-4H2,1-2H3. The molecule has 0 amide bonds. The lowest BCUT2D eigenvalue weighted by molar-refractivity contribution is 0.0583. The van der Waals surface area contributed by atoms with Crippen molar-refractivity contribution < 1.29 is 18.7 Å². The van der Waals surface area contributed by atoms with E-state index in [0.29, 0.717) is 12.8 Å². The minimum Gasteiger partial charge on any atom is -0.385 e. The van der Waals surface area contributed by atoms with Crippen molar-refractivity contribution in [3.05, 3.63) is 35.4 Å². The highest BCUT2D eigenvalue weighted by Gasteiger charge is 2.27. The monoisotopic (exact) mass is 242 g/mol. The van der Waals surface area contributed by atoms with Crippen molar-refractivity contribution in [2.45, 2.75) is 32.8 Å². The third kappa shape index (κ3) is 2.88. The summed E-state index contributed by atoms with van der Waals surface area (Å²) in [6.45, 7) is 3.68. The Bertz CT molecular complexity index is 400. The van der Waals surface area contributed by atoms with Gasteiger partial charge in [-0.2, -0.15) is 0 Å². The van der Waals surface area contributed by atoms with Crippen LogP contribution in [0.15, 0.2) is 18.2 Å². The van der Waals surface area contributed by atoms with Gasteiger partial charge >= 0.3 is 0 Å². The topological polar surface area (TPSA) is 37.3 Å². The predicted molar refractivity (Wildman–Crippen MR) is 60.8 cm³/mol. The van der Waals surface area contributed by atoms with Gasteiger partial charge in [0.15, 0.2) is 17.4 Å². The molecule has 4 heteroatoms. The quantitative estimate of drug-likeness (QED) is 0.806. The maximum absolute atomic E-state index is 13.4. The number of carbonyl (C=O) groups is 1. The van der Waals surface area contributed by atoms with Crippen molar-refractivity contribution >= 4 is 5.78 Å². The van der Waals surface area contributed by atoms with Gasteiger partial charge in [-0.3, -0.25) is 4.79 Å². The van der Waals surface area contributed by atoms with Crippen LogP contribution >= 0.6 is 0 Å². The van der Waals surface area contributed by atoms with Crippen LogP contribution in [0.25, 0.3) is 0 Å². The Hall–Kier alpha value is -1.29. The molecule has 1 aromatic carbocycles. The normalized spacial score (nSPS) is 12.8. The Morgan fingerprint density at radius 2 is 1.88 bits per heavy atom. The minimum absolute atomic E-state index is 0.231. The highest BCUT2D eigenvalue weighted by molar-refractivity contribution is 5.99. The van der Waals surface area contributed by atoms with E-state index in [1.54, 1.807) is 0 Å². The number of aliphatic hydroxyl groups excluding tert-OH is 1. The number of rotatable bonds is 5. The number of hydrogen-bond acceptors (Lipinski definition) is 2. The second-order valence-corrected chi connectivity index (χ2v) is 3.99. The molecule has 1 N–H and O–H groups in total. The molecule has 17 heavy (non-hydrogen) atoms. The predicted octanol–water partition coefficient (Wildman–Crippen LogP) is 2.94. The van der Waals surface area contributed by atoms with E-state index in [2.05, 4.69) is 0 Å². The highest BCUT2D eigenvalue weighted by atomic mass is 19.2. The van der Waals surface area contributed by atoms with E-state index in [1.807, 2.05) is 13.8 Å². The Kier molecular flexibility index (Phi) is 4.75. The van der Waals surface area contributed by atoms with Crippen molar-refractivity contribution in [2.24, 2.45) is 5.92 Å². The summed E-state index contributed by atoms with van der Waals surface area (Å²) in [5.41, 5.74) is -0.385. The zero-order valence-corrected chi connectivity index (χ0v) is 9.91. The second-order valence-electron chi connectivity index (χ2n) is 3.99. The van der Waals surface area contributed by atoms with Crippen LogP contribution in [0, 0.1) is 17.6 Å². The van der Waals surface area contributed by atoms with E-state index in [4.69, 9.17) is 0 Å². The number of benzene rings is 1. The van der Waals surface area contributed by atoms with Crippen LogP contribution in [0.1, 0.15) is 37.0 Å². The lowest BCUT2D eigenvalue weighted by Gasteiger charge is -2.19. The molecule has 0 aliphatic carbocycles. The second kappa shape index (κ2) is 5.87. The Labute approximate surface area is 99.3 Å². The summed E-state index contributed by atoms with van der Waals surface area (Å²) in [7, 11) is 0. The van der Waals surface area contributed by atoms with Gasteiger partial charge < -0.3 is 5.11 Å². The van der Waals surface area contributed by atoms with E-state index < -0.39 is 23.5 Å². The SMILES string of the molecule is CCC(CC)C(O)C(=O)c1cccc(F)c1F. The Balaban J connectivity index is 3.00. The van der Waals surface area contributed by atoms with Crippen molar-refractivity contribution in [3.63, 3.8) is 0 Å². The molecule has 0 heterocycles. The summed E-state index contributed by atoms with van der Waals surface area (Å²) >= 11 is 0. The first-order valence-corrected chi connectivity index (χ1v) is 5.69. The van der Waals surface area contributed by atoms with Gasteiger partial charge in [-0.15, -0.1) is 0 Å². The molecule has 0 fully saturated rings. The van der Waals surface area contributed by atoms with Gasteiger partial charge in [0.1, 0.15) is 6.10 Å². The number of carbonyl (C=O) groups excluding carboxylic acids is 1. The van der Waals surface area contributed by atoms with Gasteiger partial charge in [0, 0.05) is 0 Å². The van der Waals surface area contributed by atoms with Crippen molar-refractivity contribution in [2.75, 3.05) is 0 Å². The van der Waals surface area contributed by atoms with Gasteiger partial charge in [0.25, 0.3) is 0 Å². The molecule has 0 saturated heterocycles. The summed E-state index contributed by atoms with van der Waals surface area (Å²) in [6, 6.07) is 3.38. The summed E-state index contributed by atoms with van der Waals surface area (Å²) in [5.74, 6) is -3.25. The maximum atomic E-state index is 13.4. The molecule has 1 rings (SSSR count). The molecule has 1 aromatic rings. The van der Waals surface area contributed by atoms with Crippen LogP contribution in [0.5, 0.6) is 0 Å². The van der Waals surface area contributed by atoms with Crippen LogP contribution in [0.4, 0.5) is 8.78 Å². The van der Waals surface area contributed by atoms with Gasteiger partial charge in [-0.25, -0.2) is 8.78 Å². The zero-order chi connectivity index (χ0) is 13.0. The molecule has 0 radical (unpaired) electrons.